The Morgan fingerprint density at radius 1 is 1.08 bits per heavy atom. The van der Waals surface area contributed by atoms with E-state index in [1.807, 2.05) is 24.3 Å². The van der Waals surface area contributed by atoms with Crippen LogP contribution in [0.1, 0.15) is 59.1 Å². The second kappa shape index (κ2) is 13.1. The number of alkyl halides is 3. The number of hydrogen-bond acceptors (Lipinski definition) is 9. The van der Waals surface area contributed by atoms with E-state index in [0.29, 0.717) is 11.5 Å². The molecule has 0 saturated heterocycles. The van der Waals surface area contributed by atoms with E-state index in [2.05, 4.69) is 20.6 Å². The number of thiazole rings is 1. The number of para-hydroxylation sites is 1. The van der Waals surface area contributed by atoms with Crippen LogP contribution >= 0.6 is 11.3 Å². The molecule has 1 aliphatic carbocycles. The quantitative estimate of drug-likeness (QED) is 0.304. The molecule has 8 nitrogen and oxygen atoms in total. The SMILES string of the molecule is CC(C)(O)O.CC(C)=O.Cc1nc(NCC(F)(F)F)nc(NC2CCCC2)c1-c1nc2ccccc2s1. The lowest BCUT2D eigenvalue weighted by molar-refractivity contribution is -0.127. The molecule has 0 unspecified atom stereocenters. The van der Waals surface area contributed by atoms with E-state index in [1.54, 1.807) is 6.92 Å². The van der Waals surface area contributed by atoms with Gasteiger partial charge < -0.3 is 25.6 Å². The van der Waals surface area contributed by atoms with E-state index in [4.69, 9.17) is 15.2 Å². The third kappa shape index (κ3) is 11.4. The predicted molar refractivity (Wildman–Crippen MR) is 141 cm³/mol. The average molecular weight is 542 g/mol. The maximum absolute atomic E-state index is 12.6. The molecule has 1 aromatic carbocycles. The molecule has 204 valence electrons. The molecule has 0 aliphatic heterocycles. The van der Waals surface area contributed by atoms with Gasteiger partial charge in [-0.25, -0.2) is 9.97 Å². The van der Waals surface area contributed by atoms with Crippen molar-refractivity contribution in [2.24, 2.45) is 0 Å². The van der Waals surface area contributed by atoms with Crippen LogP contribution in [0.15, 0.2) is 24.3 Å². The second-order valence-electron chi connectivity index (χ2n) is 9.34. The fraction of sp³-hybridized carbons (Fsp3) is 0.520. The molecule has 4 rings (SSSR count). The van der Waals surface area contributed by atoms with Crippen molar-refractivity contribution in [3.8, 4) is 10.6 Å². The summed E-state index contributed by atoms with van der Waals surface area (Å²) in [4.78, 5) is 22.8. The fourth-order valence-corrected chi connectivity index (χ4v) is 4.50. The van der Waals surface area contributed by atoms with Gasteiger partial charge in [0.15, 0.2) is 5.79 Å². The molecule has 1 aliphatic rings. The minimum atomic E-state index is -4.33. The molecule has 1 fully saturated rings. The summed E-state index contributed by atoms with van der Waals surface area (Å²) in [6, 6.07) is 8.08. The zero-order valence-electron chi connectivity index (χ0n) is 21.6. The number of halogens is 3. The standard InChI is InChI=1S/C19H20F3N5S.C3H8O2.C3H6O/c1-11-15(17-26-13-8-4-5-9-14(13)28-17)16(25-12-6-2-3-7-12)27-18(24-11)23-10-19(20,21)22;1-3(2,4)5;1-3(2)4/h4-5,8-9,12H,2-3,6-7,10H2,1H3,(H2,23,24,25,27);4-5H,1-2H3;1-2H3. The summed E-state index contributed by atoms with van der Waals surface area (Å²) >= 11 is 1.53. The van der Waals surface area contributed by atoms with Crippen molar-refractivity contribution in [1.29, 1.82) is 0 Å². The Bertz CT molecular complexity index is 1130. The summed E-state index contributed by atoms with van der Waals surface area (Å²) in [5.74, 6) is -0.816. The number of hydrogen-bond donors (Lipinski definition) is 4. The van der Waals surface area contributed by atoms with Crippen molar-refractivity contribution < 1.29 is 28.2 Å². The predicted octanol–water partition coefficient (Wildman–Crippen LogP) is 5.69. The normalized spacial score (nSPS) is 13.9. The van der Waals surface area contributed by atoms with Crippen molar-refractivity contribution in [3.63, 3.8) is 0 Å². The lowest BCUT2D eigenvalue weighted by Gasteiger charge is -2.18. The molecular formula is C25H34F3N5O3S. The summed E-state index contributed by atoms with van der Waals surface area (Å²) in [6.45, 7) is 6.26. The molecule has 0 spiro atoms. The first-order chi connectivity index (χ1) is 17.1. The molecular weight excluding hydrogens is 507 g/mol. The zero-order chi connectivity index (χ0) is 27.8. The van der Waals surface area contributed by atoms with Crippen LogP contribution in [-0.4, -0.2) is 55.5 Å². The number of nitrogens with one attached hydrogen (secondary N) is 2. The first-order valence-corrected chi connectivity index (χ1v) is 12.7. The highest BCUT2D eigenvalue weighted by atomic mass is 32.1. The molecule has 2 heterocycles. The smallest absolute Gasteiger partial charge is 0.367 e. The van der Waals surface area contributed by atoms with Gasteiger partial charge >= 0.3 is 6.18 Å². The van der Waals surface area contributed by atoms with Crippen LogP contribution in [0.5, 0.6) is 0 Å². The van der Waals surface area contributed by atoms with E-state index < -0.39 is 18.5 Å². The van der Waals surface area contributed by atoms with E-state index in [0.717, 1.165) is 46.5 Å². The number of ketones is 1. The number of aliphatic hydroxyl groups is 2. The minimum Gasteiger partial charge on any atom is -0.367 e. The fourth-order valence-electron chi connectivity index (χ4n) is 3.43. The first kappa shape index (κ1) is 30.4. The third-order valence-corrected chi connectivity index (χ3v) is 5.79. The van der Waals surface area contributed by atoms with Gasteiger partial charge in [0, 0.05) is 6.04 Å². The molecule has 1 saturated carbocycles. The van der Waals surface area contributed by atoms with Crippen LogP contribution < -0.4 is 10.6 Å². The minimum absolute atomic E-state index is 0.0276. The maximum Gasteiger partial charge on any atom is 0.405 e. The van der Waals surface area contributed by atoms with Crippen LogP contribution in [0.3, 0.4) is 0 Å². The van der Waals surface area contributed by atoms with Crippen LogP contribution in [0.25, 0.3) is 20.8 Å². The van der Waals surface area contributed by atoms with Crippen LogP contribution in [0.4, 0.5) is 24.9 Å². The number of carbonyl (C=O) groups excluding carboxylic acids is 1. The van der Waals surface area contributed by atoms with Crippen molar-refractivity contribution >= 4 is 39.1 Å². The van der Waals surface area contributed by atoms with Gasteiger partial charge in [-0.05, 0) is 59.6 Å². The molecule has 0 bridgehead atoms. The Kier molecular flexibility index (Phi) is 10.8. The monoisotopic (exact) mass is 541 g/mol. The van der Waals surface area contributed by atoms with Gasteiger partial charge in [-0.2, -0.15) is 18.2 Å². The number of aryl methyl sites for hydroxylation is 1. The lowest BCUT2D eigenvalue weighted by Crippen LogP contribution is -2.23. The molecule has 0 radical (unpaired) electrons. The third-order valence-electron chi connectivity index (χ3n) is 4.74. The zero-order valence-corrected chi connectivity index (χ0v) is 22.4. The van der Waals surface area contributed by atoms with E-state index in [1.165, 1.54) is 39.0 Å². The second-order valence-corrected chi connectivity index (χ2v) is 10.4. The summed E-state index contributed by atoms with van der Waals surface area (Å²) < 4.78 is 38.8. The number of anilines is 2. The highest BCUT2D eigenvalue weighted by Gasteiger charge is 2.28. The van der Waals surface area contributed by atoms with Gasteiger partial charge in [0.25, 0.3) is 0 Å². The van der Waals surface area contributed by atoms with Crippen molar-refractivity contribution in [2.45, 2.75) is 78.3 Å². The van der Waals surface area contributed by atoms with Gasteiger partial charge in [0.1, 0.15) is 23.2 Å². The Labute approximate surface area is 218 Å². The Hall–Kier alpha value is -2.83. The van der Waals surface area contributed by atoms with Crippen LogP contribution in [0.2, 0.25) is 0 Å². The van der Waals surface area contributed by atoms with Crippen molar-refractivity contribution in [2.75, 3.05) is 17.2 Å². The lowest BCUT2D eigenvalue weighted by atomic mass is 10.2. The highest BCUT2D eigenvalue weighted by Crippen LogP contribution is 2.37. The number of rotatable bonds is 5. The van der Waals surface area contributed by atoms with Gasteiger partial charge in [0.2, 0.25) is 5.95 Å². The summed E-state index contributed by atoms with van der Waals surface area (Å²) in [5.41, 5.74) is 2.23. The van der Waals surface area contributed by atoms with Crippen LogP contribution in [0, 0.1) is 6.92 Å². The van der Waals surface area contributed by atoms with E-state index >= 15 is 0 Å². The molecule has 4 N–H and O–H groups in total. The number of aromatic nitrogens is 3. The number of nitrogens with zero attached hydrogens (tertiary/aromatic N) is 3. The Morgan fingerprint density at radius 2 is 1.65 bits per heavy atom. The van der Waals surface area contributed by atoms with Crippen molar-refractivity contribution in [1.82, 2.24) is 15.0 Å². The summed E-state index contributed by atoms with van der Waals surface area (Å²) in [5, 5.41) is 22.6. The topological polar surface area (TPSA) is 120 Å². The van der Waals surface area contributed by atoms with Gasteiger partial charge in [0.05, 0.1) is 21.5 Å². The van der Waals surface area contributed by atoms with Gasteiger partial charge in [-0.15, -0.1) is 11.3 Å². The number of carbonyl (C=O) groups is 1. The molecule has 2 aromatic heterocycles. The maximum atomic E-state index is 12.6. The Morgan fingerprint density at radius 3 is 2.19 bits per heavy atom. The molecule has 37 heavy (non-hydrogen) atoms. The largest absolute Gasteiger partial charge is 0.405 e. The van der Waals surface area contributed by atoms with Gasteiger partial charge in [-0.3, -0.25) is 0 Å². The van der Waals surface area contributed by atoms with E-state index in [-0.39, 0.29) is 17.8 Å². The van der Waals surface area contributed by atoms with E-state index in [9.17, 15) is 18.0 Å². The first-order valence-electron chi connectivity index (χ1n) is 11.9. The summed E-state index contributed by atoms with van der Waals surface area (Å²) in [6.07, 6.45) is -0.0158. The number of Topliss-reactive ketones (excluding diaryl/α,β-unsaturated/α-hetero) is 1. The summed E-state index contributed by atoms with van der Waals surface area (Å²) in [7, 11) is 0. The van der Waals surface area contributed by atoms with Gasteiger partial charge in [-0.1, -0.05) is 25.0 Å². The molecule has 0 amide bonds. The molecule has 12 heteroatoms. The van der Waals surface area contributed by atoms with Crippen molar-refractivity contribution in [3.05, 3.63) is 30.0 Å². The molecule has 3 aromatic rings. The number of fused-ring (bicyclic) bond motifs is 1. The average Bonchev–Trinajstić information content (AvgIpc) is 3.39. The highest BCUT2D eigenvalue weighted by molar-refractivity contribution is 7.21. The Balaban J connectivity index is 0.000000464. The molecule has 0 atom stereocenters. The van der Waals surface area contributed by atoms with Crippen LogP contribution in [-0.2, 0) is 4.79 Å². The number of benzene rings is 1.